The van der Waals surface area contributed by atoms with Crippen LogP contribution in [0.4, 0.5) is 5.69 Å². The molecule has 0 spiro atoms. The number of rotatable bonds is 8. The first-order valence-electron chi connectivity index (χ1n) is 13.7. The SMILES string of the molecule is CN1CCC(N2C(=O)c3cc4nc(-c5c(NC[C@@H](O)COc6cccc(C#N)c6)ccnc5O)[nH]c4cc3C2=O)CC1. The number of hydrogen-bond acceptors (Lipinski definition) is 10. The van der Waals surface area contributed by atoms with Crippen LogP contribution in [0, 0.1) is 11.3 Å². The van der Waals surface area contributed by atoms with E-state index >= 15 is 0 Å². The molecule has 12 nitrogen and oxygen atoms in total. The van der Waals surface area contributed by atoms with E-state index in [1.807, 2.05) is 13.1 Å². The molecule has 4 heterocycles. The van der Waals surface area contributed by atoms with Gasteiger partial charge in [0.05, 0.1) is 39.5 Å². The summed E-state index contributed by atoms with van der Waals surface area (Å²) in [5.74, 6) is -0.141. The van der Waals surface area contributed by atoms with Gasteiger partial charge in [-0.25, -0.2) is 9.97 Å². The Morgan fingerprint density at radius 1 is 1.17 bits per heavy atom. The largest absolute Gasteiger partial charge is 0.493 e. The van der Waals surface area contributed by atoms with Gasteiger partial charge in [-0.2, -0.15) is 5.26 Å². The topological polar surface area (TPSA) is 168 Å². The number of ether oxygens (including phenoxy) is 1. The minimum absolute atomic E-state index is 0.0267. The molecule has 1 atom stereocenters. The Kier molecular flexibility index (Phi) is 7.20. The quantitative estimate of drug-likeness (QED) is 0.232. The zero-order valence-electron chi connectivity index (χ0n) is 22.9. The zero-order valence-corrected chi connectivity index (χ0v) is 22.9. The number of aliphatic hydroxyl groups excluding tert-OH is 1. The average molecular weight is 568 g/mol. The second kappa shape index (κ2) is 11.1. The molecule has 2 amide bonds. The van der Waals surface area contributed by atoms with E-state index in [2.05, 4.69) is 25.2 Å². The van der Waals surface area contributed by atoms with Crippen molar-refractivity contribution in [2.45, 2.75) is 25.0 Å². The normalized spacial score (nSPS) is 16.5. The van der Waals surface area contributed by atoms with Gasteiger partial charge in [-0.3, -0.25) is 14.5 Å². The number of imidazole rings is 1. The number of nitrogens with one attached hydrogen (secondary N) is 2. The van der Waals surface area contributed by atoms with Crippen LogP contribution in [0.5, 0.6) is 11.6 Å². The van der Waals surface area contributed by atoms with E-state index < -0.39 is 6.10 Å². The molecule has 0 aliphatic carbocycles. The summed E-state index contributed by atoms with van der Waals surface area (Å²) in [6.45, 7) is 1.71. The monoisotopic (exact) mass is 567 g/mol. The van der Waals surface area contributed by atoms with Crippen molar-refractivity contribution < 1.29 is 24.5 Å². The Balaban J connectivity index is 1.20. The fourth-order valence-corrected chi connectivity index (χ4v) is 5.43. The zero-order chi connectivity index (χ0) is 29.4. The van der Waals surface area contributed by atoms with E-state index in [4.69, 9.17) is 10.00 Å². The predicted octanol–water partition coefficient (Wildman–Crippen LogP) is 2.74. The van der Waals surface area contributed by atoms with Crippen molar-refractivity contribution in [3.63, 3.8) is 0 Å². The highest BCUT2D eigenvalue weighted by Gasteiger charge is 2.41. The molecule has 4 N–H and O–H groups in total. The third kappa shape index (κ3) is 5.11. The number of pyridine rings is 1. The lowest BCUT2D eigenvalue weighted by Crippen LogP contribution is -2.46. The van der Waals surface area contributed by atoms with Crippen molar-refractivity contribution in [1.29, 1.82) is 5.26 Å². The maximum atomic E-state index is 13.3. The predicted molar refractivity (Wildman–Crippen MR) is 153 cm³/mol. The molecule has 0 bridgehead atoms. The number of aromatic hydroxyl groups is 1. The summed E-state index contributed by atoms with van der Waals surface area (Å²) >= 11 is 0. The molecule has 2 aromatic heterocycles. The lowest BCUT2D eigenvalue weighted by molar-refractivity contribution is 0.0516. The second-order valence-corrected chi connectivity index (χ2v) is 10.6. The molecular formula is C30H29N7O5. The first kappa shape index (κ1) is 27.2. The van der Waals surface area contributed by atoms with Gasteiger partial charge in [-0.1, -0.05) is 6.07 Å². The molecule has 42 heavy (non-hydrogen) atoms. The Morgan fingerprint density at radius 3 is 2.69 bits per heavy atom. The number of H-pyrrole nitrogens is 1. The van der Waals surface area contributed by atoms with Gasteiger partial charge in [0, 0.05) is 18.8 Å². The second-order valence-electron chi connectivity index (χ2n) is 10.6. The number of aromatic amines is 1. The fraction of sp³-hybridized carbons (Fsp3) is 0.300. The Bertz CT molecular complexity index is 1670. The van der Waals surface area contributed by atoms with Crippen LogP contribution in [-0.2, 0) is 0 Å². The Morgan fingerprint density at radius 2 is 1.93 bits per heavy atom. The van der Waals surface area contributed by atoms with Crippen LogP contribution in [0.25, 0.3) is 22.4 Å². The minimum Gasteiger partial charge on any atom is -0.493 e. The van der Waals surface area contributed by atoms with Gasteiger partial charge in [0.1, 0.15) is 29.8 Å². The van der Waals surface area contributed by atoms with Crippen LogP contribution in [0.3, 0.4) is 0 Å². The van der Waals surface area contributed by atoms with Gasteiger partial charge in [0.2, 0.25) is 5.88 Å². The number of piperidine rings is 1. The van der Waals surface area contributed by atoms with Crippen LogP contribution in [0.15, 0.2) is 48.7 Å². The summed E-state index contributed by atoms with van der Waals surface area (Å²) in [7, 11) is 2.03. The fourth-order valence-electron chi connectivity index (χ4n) is 5.43. The molecule has 2 aliphatic rings. The van der Waals surface area contributed by atoms with Crippen LogP contribution in [-0.4, -0.2) is 92.2 Å². The average Bonchev–Trinajstić information content (AvgIpc) is 3.51. The lowest BCUT2D eigenvalue weighted by Gasteiger charge is -2.33. The number of benzene rings is 2. The number of nitrogens with zero attached hydrogens (tertiary/aromatic N) is 5. The number of hydrogen-bond donors (Lipinski definition) is 4. The summed E-state index contributed by atoms with van der Waals surface area (Å²) in [6.07, 6.45) is 1.99. The standard InChI is InChI=1S/C30H29N7O5/c1-36-9-6-18(7-10-36)37-29(40)21-12-24-25(13-22(21)30(37)41)35-27(34-24)26-23(5-8-32-28(26)39)33-15-19(38)16-42-20-4-2-3-17(11-20)14-31/h2-5,8,11-13,18-19,38H,6-7,9-10,15-16H2,1H3,(H,34,35)(H2,32,33,39)/t19-/m1/s1. The van der Waals surface area contributed by atoms with Gasteiger partial charge < -0.3 is 30.2 Å². The highest BCUT2D eigenvalue weighted by Crippen LogP contribution is 2.36. The maximum absolute atomic E-state index is 13.3. The Labute approximate surface area is 241 Å². The van der Waals surface area contributed by atoms with Crippen molar-refractivity contribution in [3.8, 4) is 29.1 Å². The third-order valence-electron chi connectivity index (χ3n) is 7.67. The molecule has 1 saturated heterocycles. The van der Waals surface area contributed by atoms with Crippen LogP contribution in [0.1, 0.15) is 39.1 Å². The highest BCUT2D eigenvalue weighted by atomic mass is 16.5. The maximum Gasteiger partial charge on any atom is 0.261 e. The van der Waals surface area contributed by atoms with Crippen LogP contribution in [0.2, 0.25) is 0 Å². The van der Waals surface area contributed by atoms with E-state index in [1.165, 1.54) is 11.1 Å². The molecule has 0 saturated carbocycles. The van der Waals surface area contributed by atoms with E-state index in [1.54, 1.807) is 42.5 Å². The smallest absolute Gasteiger partial charge is 0.261 e. The molecule has 0 radical (unpaired) electrons. The molecule has 12 heteroatoms. The minimum atomic E-state index is -0.915. The van der Waals surface area contributed by atoms with E-state index in [9.17, 15) is 19.8 Å². The summed E-state index contributed by atoms with van der Waals surface area (Å²) in [6, 6.07) is 13.5. The number of fused-ring (bicyclic) bond motifs is 2. The molecule has 6 rings (SSSR count). The van der Waals surface area contributed by atoms with E-state index in [-0.39, 0.29) is 48.3 Å². The summed E-state index contributed by atoms with van der Waals surface area (Å²) in [5, 5.41) is 33.3. The molecule has 1 fully saturated rings. The number of carbonyl (C=O) groups is 2. The first-order valence-corrected chi connectivity index (χ1v) is 13.7. The lowest BCUT2D eigenvalue weighted by atomic mass is 10.0. The first-order chi connectivity index (χ1) is 20.3. The molecule has 2 aromatic carbocycles. The van der Waals surface area contributed by atoms with Crippen molar-refractivity contribution in [1.82, 2.24) is 24.8 Å². The Hall–Kier alpha value is -4.99. The van der Waals surface area contributed by atoms with Gasteiger partial charge >= 0.3 is 0 Å². The van der Waals surface area contributed by atoms with Crippen molar-refractivity contribution in [2.75, 3.05) is 38.6 Å². The molecule has 4 aromatic rings. The number of amides is 2. The number of carbonyl (C=O) groups excluding carboxylic acids is 2. The summed E-state index contributed by atoms with van der Waals surface area (Å²) in [5.41, 5.74) is 2.85. The van der Waals surface area contributed by atoms with Gasteiger partial charge in [-0.05, 0) is 69.4 Å². The number of likely N-dealkylation sites (tertiary alicyclic amines) is 1. The van der Waals surface area contributed by atoms with E-state index in [0.29, 0.717) is 39.2 Å². The van der Waals surface area contributed by atoms with Crippen molar-refractivity contribution in [2.24, 2.45) is 0 Å². The number of aliphatic hydroxyl groups is 1. The molecule has 2 aliphatic heterocycles. The summed E-state index contributed by atoms with van der Waals surface area (Å²) in [4.78, 5) is 41.9. The number of nitriles is 1. The van der Waals surface area contributed by atoms with Gasteiger partial charge in [0.25, 0.3) is 11.8 Å². The molecule has 214 valence electrons. The van der Waals surface area contributed by atoms with Crippen molar-refractivity contribution in [3.05, 3.63) is 65.4 Å². The molecular weight excluding hydrogens is 538 g/mol. The van der Waals surface area contributed by atoms with Crippen molar-refractivity contribution >= 4 is 28.5 Å². The van der Waals surface area contributed by atoms with Crippen LogP contribution >= 0.6 is 0 Å². The number of anilines is 1. The van der Waals surface area contributed by atoms with Crippen LogP contribution < -0.4 is 10.1 Å². The number of aromatic nitrogens is 3. The third-order valence-corrected chi connectivity index (χ3v) is 7.67. The number of imide groups is 1. The van der Waals surface area contributed by atoms with Gasteiger partial charge in [-0.15, -0.1) is 0 Å². The van der Waals surface area contributed by atoms with E-state index in [0.717, 1.165) is 25.9 Å². The molecule has 0 unspecified atom stereocenters. The summed E-state index contributed by atoms with van der Waals surface area (Å²) < 4.78 is 5.60. The highest BCUT2D eigenvalue weighted by molar-refractivity contribution is 6.23. The van der Waals surface area contributed by atoms with Gasteiger partial charge in [0.15, 0.2) is 0 Å².